The second kappa shape index (κ2) is 7.62. The number of nitro groups is 1. The molecule has 114 valence electrons. The lowest BCUT2D eigenvalue weighted by Crippen LogP contribution is -2.17. The van der Waals surface area contributed by atoms with Gasteiger partial charge in [0.2, 0.25) is 0 Å². The monoisotopic (exact) mass is 298 g/mol. The van der Waals surface area contributed by atoms with Gasteiger partial charge >= 0.3 is 18.0 Å². The minimum atomic E-state index is -0.865. The lowest BCUT2D eigenvalue weighted by molar-refractivity contribution is -0.388. The zero-order valence-corrected chi connectivity index (χ0v) is 11.4. The Labute approximate surface area is 119 Å². The van der Waals surface area contributed by atoms with Crippen molar-refractivity contribution in [2.75, 3.05) is 23.8 Å². The van der Waals surface area contributed by atoms with E-state index in [-0.39, 0.29) is 24.6 Å². The molecule has 2 N–H and O–H groups in total. The molecule has 0 saturated carbocycles. The molecule has 0 fully saturated rings. The summed E-state index contributed by atoms with van der Waals surface area (Å²) in [4.78, 5) is 36.2. The van der Waals surface area contributed by atoms with E-state index in [4.69, 9.17) is 0 Å². The normalized spacial score (nSPS) is 9.62. The minimum Gasteiger partial charge on any atom is -0.450 e. The molecule has 0 aromatic carbocycles. The first kappa shape index (κ1) is 16.1. The third-order valence-corrected chi connectivity index (χ3v) is 2.07. The zero-order chi connectivity index (χ0) is 15.8. The molecule has 10 nitrogen and oxygen atoms in total. The Balaban J connectivity index is 2.97. The van der Waals surface area contributed by atoms with Gasteiger partial charge in [0.25, 0.3) is 0 Å². The van der Waals surface area contributed by atoms with Gasteiger partial charge in [-0.1, -0.05) is 0 Å². The fourth-order valence-corrected chi connectivity index (χ4v) is 1.33. The Morgan fingerprint density at radius 3 is 2.33 bits per heavy atom. The van der Waals surface area contributed by atoms with Gasteiger partial charge in [-0.3, -0.25) is 10.6 Å². The minimum absolute atomic E-state index is 0.105. The van der Waals surface area contributed by atoms with Crippen molar-refractivity contribution in [3.05, 3.63) is 22.4 Å². The van der Waals surface area contributed by atoms with Gasteiger partial charge < -0.3 is 19.6 Å². The molecule has 0 atom stereocenters. The van der Waals surface area contributed by atoms with Crippen molar-refractivity contribution in [1.82, 2.24) is 4.98 Å². The number of aromatic nitrogens is 1. The van der Waals surface area contributed by atoms with Crippen LogP contribution in [0.15, 0.2) is 12.3 Å². The number of carbonyl (C=O) groups excluding carboxylic acids is 2. The summed E-state index contributed by atoms with van der Waals surface area (Å²) in [5.41, 5.74) is -0.0707. The lowest BCUT2D eigenvalue weighted by atomic mass is 10.3. The van der Waals surface area contributed by atoms with E-state index in [0.717, 1.165) is 6.20 Å². The van der Waals surface area contributed by atoms with E-state index in [0.29, 0.717) is 0 Å². The number of rotatable bonds is 5. The van der Waals surface area contributed by atoms with E-state index in [2.05, 4.69) is 25.1 Å². The lowest BCUT2D eigenvalue weighted by Gasteiger charge is -2.08. The number of hydrogen-bond acceptors (Lipinski definition) is 7. The summed E-state index contributed by atoms with van der Waals surface area (Å²) in [5, 5.41) is 15.3. The second-order valence-corrected chi connectivity index (χ2v) is 3.54. The highest BCUT2D eigenvalue weighted by atomic mass is 16.6. The van der Waals surface area contributed by atoms with Crippen LogP contribution in [0.5, 0.6) is 0 Å². The third kappa shape index (κ3) is 4.93. The Kier molecular flexibility index (Phi) is 5.86. The van der Waals surface area contributed by atoms with Crippen molar-refractivity contribution >= 4 is 29.4 Å². The van der Waals surface area contributed by atoms with E-state index in [1.807, 2.05) is 0 Å². The molecular weight excluding hydrogens is 284 g/mol. The Morgan fingerprint density at radius 1 is 1.24 bits per heavy atom. The van der Waals surface area contributed by atoms with Gasteiger partial charge in [0.1, 0.15) is 5.69 Å². The van der Waals surface area contributed by atoms with Gasteiger partial charge in [-0.25, -0.2) is 9.59 Å². The highest BCUT2D eigenvalue weighted by Gasteiger charge is 2.19. The van der Waals surface area contributed by atoms with Gasteiger partial charge in [-0.2, -0.15) is 0 Å². The average Bonchev–Trinajstić information content (AvgIpc) is 2.38. The first-order valence-electron chi connectivity index (χ1n) is 5.99. The van der Waals surface area contributed by atoms with Crippen LogP contribution < -0.4 is 10.6 Å². The molecule has 0 unspecified atom stereocenters. The van der Waals surface area contributed by atoms with Crippen LogP contribution in [0.3, 0.4) is 0 Å². The highest BCUT2D eigenvalue weighted by Crippen LogP contribution is 2.25. The van der Waals surface area contributed by atoms with Crippen LogP contribution in [-0.2, 0) is 9.47 Å². The molecular formula is C11H14N4O6. The van der Waals surface area contributed by atoms with Gasteiger partial charge in [-0.15, -0.1) is 0 Å². The molecule has 21 heavy (non-hydrogen) atoms. The number of nitrogens with zero attached hydrogens (tertiary/aromatic N) is 2. The standard InChI is InChI=1S/C11H14N4O6/c1-3-20-10(16)13-7-5-8(14-11(17)21-4-2)9(12-6-7)15(18)19/h5-6H,3-4H2,1-2H3,(H,13,16)(H,14,17). The number of anilines is 2. The number of hydrogen-bond donors (Lipinski definition) is 2. The molecule has 0 radical (unpaired) electrons. The maximum Gasteiger partial charge on any atom is 0.411 e. The predicted octanol–water partition coefficient (Wildman–Crippen LogP) is 2.13. The summed E-state index contributed by atoms with van der Waals surface area (Å²) in [6.45, 7) is 3.49. The summed E-state index contributed by atoms with van der Waals surface area (Å²) in [6.07, 6.45) is -0.531. The molecule has 1 rings (SSSR count). The highest BCUT2D eigenvalue weighted by molar-refractivity contribution is 5.90. The maximum atomic E-state index is 11.3. The van der Waals surface area contributed by atoms with Crippen molar-refractivity contribution in [2.24, 2.45) is 0 Å². The summed E-state index contributed by atoms with van der Waals surface area (Å²) >= 11 is 0. The van der Waals surface area contributed by atoms with E-state index >= 15 is 0 Å². The molecule has 0 saturated heterocycles. The topological polar surface area (TPSA) is 133 Å². The molecule has 0 aliphatic carbocycles. The molecule has 0 bridgehead atoms. The number of carbonyl (C=O) groups is 2. The molecule has 10 heteroatoms. The fraction of sp³-hybridized carbons (Fsp3) is 0.364. The summed E-state index contributed by atoms with van der Waals surface area (Å²) < 4.78 is 9.29. The number of pyridine rings is 1. The SMILES string of the molecule is CCOC(=O)Nc1cnc([N+](=O)[O-])c(NC(=O)OCC)c1. The Morgan fingerprint density at radius 2 is 1.81 bits per heavy atom. The Hall–Kier alpha value is -2.91. The third-order valence-electron chi connectivity index (χ3n) is 2.07. The van der Waals surface area contributed by atoms with E-state index < -0.39 is 22.9 Å². The van der Waals surface area contributed by atoms with Gasteiger partial charge in [0.15, 0.2) is 6.20 Å². The Bertz CT molecular complexity index is 548. The van der Waals surface area contributed by atoms with Crippen LogP contribution in [0.25, 0.3) is 0 Å². The van der Waals surface area contributed by atoms with Crippen molar-refractivity contribution in [1.29, 1.82) is 0 Å². The average molecular weight is 298 g/mol. The second-order valence-electron chi connectivity index (χ2n) is 3.54. The van der Waals surface area contributed by atoms with Crippen LogP contribution in [-0.4, -0.2) is 35.3 Å². The molecule has 1 aromatic rings. The van der Waals surface area contributed by atoms with Crippen LogP contribution in [0.1, 0.15) is 13.8 Å². The molecule has 0 spiro atoms. The van der Waals surface area contributed by atoms with Crippen molar-refractivity contribution in [3.63, 3.8) is 0 Å². The summed E-state index contributed by atoms with van der Waals surface area (Å²) in [6, 6.07) is 1.18. The first-order valence-corrected chi connectivity index (χ1v) is 5.99. The van der Waals surface area contributed by atoms with Gasteiger partial charge in [0, 0.05) is 0 Å². The van der Waals surface area contributed by atoms with Gasteiger partial charge in [-0.05, 0) is 29.8 Å². The van der Waals surface area contributed by atoms with E-state index in [1.54, 1.807) is 13.8 Å². The van der Waals surface area contributed by atoms with Crippen molar-refractivity contribution < 1.29 is 24.0 Å². The van der Waals surface area contributed by atoms with Crippen LogP contribution >= 0.6 is 0 Å². The first-order chi connectivity index (χ1) is 9.97. The van der Waals surface area contributed by atoms with Crippen LogP contribution in [0.2, 0.25) is 0 Å². The van der Waals surface area contributed by atoms with Crippen LogP contribution in [0.4, 0.5) is 26.8 Å². The fourth-order valence-electron chi connectivity index (χ4n) is 1.33. The molecule has 1 heterocycles. The van der Waals surface area contributed by atoms with Crippen molar-refractivity contribution in [2.45, 2.75) is 13.8 Å². The molecule has 1 aromatic heterocycles. The summed E-state index contributed by atoms with van der Waals surface area (Å²) in [7, 11) is 0. The molecule has 0 aliphatic rings. The van der Waals surface area contributed by atoms with Crippen molar-refractivity contribution in [3.8, 4) is 0 Å². The predicted molar refractivity (Wildman–Crippen MR) is 72.2 cm³/mol. The van der Waals surface area contributed by atoms with Crippen LogP contribution in [0, 0.1) is 10.1 Å². The van der Waals surface area contributed by atoms with E-state index in [9.17, 15) is 19.7 Å². The molecule has 0 aliphatic heterocycles. The number of ether oxygens (including phenoxy) is 2. The number of nitrogens with one attached hydrogen (secondary N) is 2. The quantitative estimate of drug-likeness (QED) is 0.628. The smallest absolute Gasteiger partial charge is 0.411 e. The zero-order valence-electron chi connectivity index (χ0n) is 11.4. The largest absolute Gasteiger partial charge is 0.450 e. The van der Waals surface area contributed by atoms with E-state index in [1.165, 1.54) is 6.07 Å². The number of amides is 2. The maximum absolute atomic E-state index is 11.3. The van der Waals surface area contributed by atoms with Gasteiger partial charge in [0.05, 0.1) is 18.9 Å². The molecule has 2 amide bonds. The summed E-state index contributed by atoms with van der Waals surface area (Å²) in [5.74, 6) is -0.572.